The molecule has 112 valence electrons. The number of para-hydroxylation sites is 1. The van der Waals surface area contributed by atoms with Crippen molar-refractivity contribution in [1.82, 2.24) is 14.9 Å². The van der Waals surface area contributed by atoms with E-state index in [4.69, 9.17) is 0 Å². The van der Waals surface area contributed by atoms with Crippen molar-refractivity contribution in [3.8, 4) is 0 Å². The first-order valence-electron chi connectivity index (χ1n) is 5.68. The van der Waals surface area contributed by atoms with Crippen LogP contribution in [0.1, 0.15) is 14.8 Å². The van der Waals surface area contributed by atoms with Crippen molar-refractivity contribution in [2.75, 3.05) is 11.6 Å². The molecule has 1 aromatic heterocycles. The van der Waals surface area contributed by atoms with Crippen molar-refractivity contribution in [2.45, 2.75) is 6.54 Å². The van der Waals surface area contributed by atoms with E-state index in [9.17, 15) is 17.6 Å². The Hall–Kier alpha value is -1.91. The maximum atomic E-state index is 13.4. The summed E-state index contributed by atoms with van der Waals surface area (Å²) in [5, 5.41) is 10.1. The van der Waals surface area contributed by atoms with Gasteiger partial charge in [0.25, 0.3) is 5.91 Å². The lowest BCUT2D eigenvalue weighted by Gasteiger charge is -2.02. The third kappa shape index (κ3) is 4.55. The molecule has 2 N–H and O–H groups in total. The lowest BCUT2D eigenvalue weighted by molar-refractivity contribution is 0.102. The van der Waals surface area contributed by atoms with Gasteiger partial charge in [-0.25, -0.2) is 17.5 Å². The van der Waals surface area contributed by atoms with Gasteiger partial charge < -0.3 is 5.32 Å². The van der Waals surface area contributed by atoms with Crippen molar-refractivity contribution in [3.05, 3.63) is 40.1 Å². The summed E-state index contributed by atoms with van der Waals surface area (Å²) in [5.41, 5.74) is 0.0357. The minimum atomic E-state index is -3.35. The van der Waals surface area contributed by atoms with Crippen molar-refractivity contribution in [3.63, 3.8) is 0 Å². The van der Waals surface area contributed by atoms with Gasteiger partial charge in [0.05, 0.1) is 18.5 Å². The van der Waals surface area contributed by atoms with Gasteiger partial charge in [0.1, 0.15) is 10.8 Å². The van der Waals surface area contributed by atoms with Crippen molar-refractivity contribution in [2.24, 2.45) is 0 Å². The van der Waals surface area contributed by atoms with Gasteiger partial charge >= 0.3 is 0 Å². The number of amides is 1. The molecule has 0 fully saturated rings. The zero-order chi connectivity index (χ0) is 15.5. The zero-order valence-electron chi connectivity index (χ0n) is 10.8. The summed E-state index contributed by atoms with van der Waals surface area (Å²) in [6, 6.07) is 5.72. The van der Waals surface area contributed by atoms with Gasteiger partial charge in [0.15, 0.2) is 0 Å². The minimum absolute atomic E-state index is 0.0172. The lowest BCUT2D eigenvalue weighted by atomic mass is 10.3. The first-order valence-corrected chi connectivity index (χ1v) is 8.39. The molecule has 0 saturated heterocycles. The summed E-state index contributed by atoms with van der Waals surface area (Å²) < 4.78 is 37.5. The van der Waals surface area contributed by atoms with E-state index in [0.29, 0.717) is 5.01 Å². The molecule has 0 aliphatic carbocycles. The number of anilines is 1. The largest absolute Gasteiger partial charge is 0.317 e. The van der Waals surface area contributed by atoms with Crippen LogP contribution in [0.5, 0.6) is 0 Å². The fourth-order valence-corrected chi connectivity index (χ4v) is 2.51. The third-order valence-corrected chi connectivity index (χ3v) is 3.86. The maximum absolute atomic E-state index is 13.4. The highest BCUT2D eigenvalue weighted by atomic mass is 32.2. The summed E-state index contributed by atoms with van der Waals surface area (Å²) in [4.78, 5) is 11.9. The Labute approximate surface area is 124 Å². The van der Waals surface area contributed by atoms with Gasteiger partial charge in [-0.3, -0.25) is 4.79 Å². The molecule has 0 atom stereocenters. The van der Waals surface area contributed by atoms with Crippen LogP contribution >= 0.6 is 11.3 Å². The number of hydrogen-bond acceptors (Lipinski definition) is 6. The summed E-state index contributed by atoms with van der Waals surface area (Å²) in [6.45, 7) is -0.0521. The number of hydrogen-bond donors (Lipinski definition) is 2. The van der Waals surface area contributed by atoms with Crippen LogP contribution in [0.2, 0.25) is 0 Å². The van der Waals surface area contributed by atoms with Crippen LogP contribution in [0.15, 0.2) is 24.3 Å². The Kier molecular flexibility index (Phi) is 4.60. The number of rotatable bonds is 5. The number of nitrogens with zero attached hydrogens (tertiary/aromatic N) is 2. The van der Waals surface area contributed by atoms with Crippen LogP contribution in [-0.2, 0) is 16.6 Å². The molecule has 0 unspecified atom stereocenters. The van der Waals surface area contributed by atoms with Crippen molar-refractivity contribution < 1.29 is 17.6 Å². The molecule has 0 aliphatic rings. The van der Waals surface area contributed by atoms with E-state index in [1.165, 1.54) is 18.2 Å². The van der Waals surface area contributed by atoms with Crippen LogP contribution in [0, 0.1) is 5.82 Å². The molecule has 21 heavy (non-hydrogen) atoms. The van der Waals surface area contributed by atoms with E-state index < -0.39 is 21.7 Å². The monoisotopic (exact) mass is 330 g/mol. The topological polar surface area (TPSA) is 101 Å². The molecular formula is C11H11FN4O3S2. The second kappa shape index (κ2) is 6.24. The van der Waals surface area contributed by atoms with Crippen molar-refractivity contribution >= 4 is 33.0 Å². The van der Waals surface area contributed by atoms with Gasteiger partial charge in [-0.15, -0.1) is 10.2 Å². The molecule has 0 bridgehead atoms. The molecule has 0 radical (unpaired) electrons. The fraction of sp³-hybridized carbons (Fsp3) is 0.182. The number of halogens is 1. The number of carbonyl (C=O) groups is 1. The molecule has 2 rings (SSSR count). The highest BCUT2D eigenvalue weighted by Crippen LogP contribution is 2.16. The van der Waals surface area contributed by atoms with E-state index >= 15 is 0 Å². The Morgan fingerprint density at radius 3 is 2.71 bits per heavy atom. The van der Waals surface area contributed by atoms with Crippen LogP contribution in [-0.4, -0.2) is 30.8 Å². The van der Waals surface area contributed by atoms with Crippen LogP contribution in [0.3, 0.4) is 0 Å². The normalized spacial score (nSPS) is 11.3. The number of nitrogens with one attached hydrogen (secondary N) is 2. The number of benzene rings is 1. The molecular weight excluding hydrogens is 319 g/mol. The number of carbonyl (C=O) groups excluding carboxylic acids is 1. The van der Waals surface area contributed by atoms with Crippen LogP contribution in [0.25, 0.3) is 0 Å². The molecule has 10 heteroatoms. The molecule has 1 amide bonds. The summed E-state index contributed by atoms with van der Waals surface area (Å²) >= 11 is 0.923. The SMILES string of the molecule is CS(=O)(=O)NCc1nnc(C(=O)Nc2ccccc2F)s1. The highest BCUT2D eigenvalue weighted by Gasteiger charge is 2.15. The standard InChI is InChI=1S/C11H11FN4O3S2/c1-21(18,19)13-6-9-15-16-11(20-9)10(17)14-8-5-3-2-4-7(8)12/h2-5,13H,6H2,1H3,(H,14,17). The zero-order valence-corrected chi connectivity index (χ0v) is 12.5. The van der Waals surface area contributed by atoms with Gasteiger partial charge in [-0.1, -0.05) is 23.5 Å². The summed E-state index contributed by atoms with van der Waals surface area (Å²) in [5.74, 6) is -1.17. The van der Waals surface area contributed by atoms with Gasteiger partial charge in [0, 0.05) is 0 Å². The average Bonchev–Trinajstić information content (AvgIpc) is 2.87. The Morgan fingerprint density at radius 2 is 2.05 bits per heavy atom. The van der Waals surface area contributed by atoms with Crippen molar-refractivity contribution in [1.29, 1.82) is 0 Å². The molecule has 7 nitrogen and oxygen atoms in total. The number of aromatic nitrogens is 2. The first kappa shape index (κ1) is 15.5. The predicted molar refractivity (Wildman–Crippen MR) is 75.9 cm³/mol. The molecule has 0 spiro atoms. The Morgan fingerprint density at radius 1 is 1.33 bits per heavy atom. The van der Waals surface area contributed by atoms with Gasteiger partial charge in [-0.05, 0) is 12.1 Å². The Bertz CT molecular complexity index is 760. The maximum Gasteiger partial charge on any atom is 0.286 e. The summed E-state index contributed by atoms with van der Waals surface area (Å²) in [7, 11) is -3.35. The van der Waals surface area contributed by atoms with Crippen LogP contribution in [0.4, 0.5) is 10.1 Å². The minimum Gasteiger partial charge on any atom is -0.317 e. The van der Waals surface area contributed by atoms with E-state index in [1.54, 1.807) is 6.07 Å². The molecule has 1 aromatic carbocycles. The van der Waals surface area contributed by atoms with E-state index in [2.05, 4.69) is 20.2 Å². The average molecular weight is 330 g/mol. The van der Waals surface area contributed by atoms with Crippen LogP contribution < -0.4 is 10.0 Å². The van der Waals surface area contributed by atoms with Gasteiger partial charge in [0.2, 0.25) is 15.0 Å². The second-order valence-corrected chi connectivity index (χ2v) is 6.92. The molecule has 0 saturated carbocycles. The van der Waals surface area contributed by atoms with E-state index in [1.807, 2.05) is 0 Å². The predicted octanol–water partition coefficient (Wildman–Crippen LogP) is 0.979. The second-order valence-electron chi connectivity index (χ2n) is 4.03. The van der Waals surface area contributed by atoms with Gasteiger partial charge in [-0.2, -0.15) is 0 Å². The quantitative estimate of drug-likeness (QED) is 0.851. The smallest absolute Gasteiger partial charge is 0.286 e. The fourth-order valence-electron chi connectivity index (χ4n) is 1.35. The lowest BCUT2D eigenvalue weighted by Crippen LogP contribution is -2.21. The molecule has 2 aromatic rings. The van der Waals surface area contributed by atoms with E-state index in [0.717, 1.165) is 17.6 Å². The first-order chi connectivity index (χ1) is 9.85. The summed E-state index contributed by atoms with van der Waals surface area (Å²) in [6.07, 6.45) is 1.01. The highest BCUT2D eigenvalue weighted by molar-refractivity contribution is 7.88. The molecule has 1 heterocycles. The third-order valence-electron chi connectivity index (χ3n) is 2.27. The number of sulfonamides is 1. The Balaban J connectivity index is 2.04. The van der Waals surface area contributed by atoms with E-state index in [-0.39, 0.29) is 17.2 Å². The molecule has 0 aliphatic heterocycles.